The summed E-state index contributed by atoms with van der Waals surface area (Å²) >= 11 is 1.49. The summed E-state index contributed by atoms with van der Waals surface area (Å²) in [6.07, 6.45) is 1.88. The van der Waals surface area contributed by atoms with Gasteiger partial charge in [0, 0.05) is 26.2 Å². The number of carbonyl (C=O) groups excluding carboxylic acids is 2. The highest BCUT2D eigenvalue weighted by Crippen LogP contribution is 2.33. The molecule has 1 N–H and O–H groups in total. The number of H-pyrrole nitrogens is 1. The van der Waals surface area contributed by atoms with Crippen LogP contribution in [0.3, 0.4) is 0 Å². The maximum absolute atomic E-state index is 12.7. The average Bonchev–Trinajstić information content (AvgIpc) is 3.33. The van der Waals surface area contributed by atoms with E-state index in [1.807, 2.05) is 25.1 Å². The van der Waals surface area contributed by atoms with Crippen LogP contribution < -0.4 is 4.90 Å². The van der Waals surface area contributed by atoms with Gasteiger partial charge in [0.2, 0.25) is 11.8 Å². The van der Waals surface area contributed by atoms with Crippen LogP contribution in [0.15, 0.2) is 30.5 Å². The van der Waals surface area contributed by atoms with Crippen molar-refractivity contribution < 1.29 is 9.59 Å². The first kappa shape index (κ1) is 16.7. The maximum atomic E-state index is 12.7. The molecule has 1 aliphatic rings. The number of carbonyl (C=O) groups is 2. The molecule has 0 spiro atoms. The Balaban J connectivity index is 1.49. The van der Waals surface area contributed by atoms with Gasteiger partial charge in [-0.15, -0.1) is 0 Å². The fourth-order valence-electron chi connectivity index (χ4n) is 3.21. The van der Waals surface area contributed by atoms with Crippen molar-refractivity contribution in [1.82, 2.24) is 20.1 Å². The lowest BCUT2D eigenvalue weighted by Crippen LogP contribution is -2.34. The Kier molecular flexibility index (Phi) is 4.20. The fourth-order valence-corrected chi connectivity index (χ4v) is 4.30. The van der Waals surface area contributed by atoms with E-state index < -0.39 is 0 Å². The van der Waals surface area contributed by atoms with E-state index in [1.165, 1.54) is 11.3 Å². The zero-order valence-electron chi connectivity index (χ0n) is 14.6. The summed E-state index contributed by atoms with van der Waals surface area (Å²) in [6, 6.07) is 7.87. The molecule has 7 nitrogen and oxygen atoms in total. The third-order valence-corrected chi connectivity index (χ3v) is 5.62. The smallest absolute Gasteiger partial charge is 0.229 e. The highest BCUT2D eigenvalue weighted by atomic mass is 32.1. The van der Waals surface area contributed by atoms with E-state index in [0.29, 0.717) is 18.2 Å². The fraction of sp³-hybridized carbons (Fsp3) is 0.333. The molecule has 3 heterocycles. The van der Waals surface area contributed by atoms with Gasteiger partial charge in [-0.1, -0.05) is 17.4 Å². The minimum atomic E-state index is -0.343. The maximum Gasteiger partial charge on any atom is 0.229 e. The van der Waals surface area contributed by atoms with Crippen molar-refractivity contribution in [2.45, 2.75) is 19.9 Å². The summed E-state index contributed by atoms with van der Waals surface area (Å²) in [5.74, 6) is -0.425. The van der Waals surface area contributed by atoms with Crippen molar-refractivity contribution in [2.75, 3.05) is 18.5 Å². The molecule has 1 saturated heterocycles. The predicted molar refractivity (Wildman–Crippen MR) is 99.9 cm³/mol. The van der Waals surface area contributed by atoms with Crippen LogP contribution in [0, 0.1) is 12.8 Å². The predicted octanol–water partition coefficient (Wildman–Crippen LogP) is 2.34. The highest BCUT2D eigenvalue weighted by molar-refractivity contribution is 7.22. The van der Waals surface area contributed by atoms with E-state index in [-0.39, 0.29) is 24.2 Å². The minimum Gasteiger partial charge on any atom is -0.340 e. The van der Waals surface area contributed by atoms with Crippen LogP contribution in [-0.4, -0.2) is 45.5 Å². The van der Waals surface area contributed by atoms with E-state index in [2.05, 4.69) is 21.2 Å². The van der Waals surface area contributed by atoms with E-state index >= 15 is 0 Å². The Morgan fingerprint density at radius 1 is 1.42 bits per heavy atom. The minimum absolute atomic E-state index is 0.0348. The highest BCUT2D eigenvalue weighted by Gasteiger charge is 2.37. The third kappa shape index (κ3) is 3.08. The van der Waals surface area contributed by atoms with Crippen molar-refractivity contribution in [3.8, 4) is 0 Å². The lowest BCUT2D eigenvalue weighted by atomic mass is 10.1. The van der Waals surface area contributed by atoms with Gasteiger partial charge in [0.05, 0.1) is 28.4 Å². The second-order valence-electron chi connectivity index (χ2n) is 6.65. The number of amides is 2. The zero-order chi connectivity index (χ0) is 18.3. The molecule has 1 unspecified atom stereocenters. The summed E-state index contributed by atoms with van der Waals surface area (Å²) in [6.45, 7) is 2.86. The van der Waals surface area contributed by atoms with Crippen molar-refractivity contribution >= 4 is 38.5 Å². The van der Waals surface area contributed by atoms with E-state index in [1.54, 1.807) is 23.0 Å². The molecule has 0 bridgehead atoms. The molecule has 4 rings (SSSR count). The SMILES string of the molecule is Cc1ccc2nc(N3CC(C(=O)N(C)Cc4ccn[nH]4)CC3=O)sc2c1. The first-order chi connectivity index (χ1) is 12.5. The zero-order valence-corrected chi connectivity index (χ0v) is 15.4. The number of hydrogen-bond acceptors (Lipinski definition) is 5. The lowest BCUT2D eigenvalue weighted by Gasteiger charge is -2.20. The van der Waals surface area contributed by atoms with Gasteiger partial charge in [-0.25, -0.2) is 4.98 Å². The van der Waals surface area contributed by atoms with Crippen molar-refractivity contribution in [3.63, 3.8) is 0 Å². The number of rotatable bonds is 4. The summed E-state index contributed by atoms with van der Waals surface area (Å²) in [5, 5.41) is 7.41. The molecule has 8 heteroatoms. The Morgan fingerprint density at radius 3 is 3.04 bits per heavy atom. The molecule has 1 fully saturated rings. The molecule has 3 aromatic rings. The number of aromatic nitrogens is 3. The van der Waals surface area contributed by atoms with Crippen LogP contribution in [0.5, 0.6) is 0 Å². The quantitative estimate of drug-likeness (QED) is 0.765. The van der Waals surface area contributed by atoms with Gasteiger partial charge >= 0.3 is 0 Å². The van der Waals surface area contributed by atoms with E-state index in [4.69, 9.17) is 0 Å². The van der Waals surface area contributed by atoms with Crippen LogP contribution in [0.25, 0.3) is 10.2 Å². The Bertz CT molecular complexity index is 965. The molecule has 134 valence electrons. The molecule has 1 atom stereocenters. The van der Waals surface area contributed by atoms with Crippen LogP contribution >= 0.6 is 11.3 Å². The normalized spacial score (nSPS) is 17.2. The third-order valence-electron chi connectivity index (χ3n) is 4.58. The van der Waals surface area contributed by atoms with Crippen LogP contribution in [0.1, 0.15) is 17.7 Å². The van der Waals surface area contributed by atoms with Crippen LogP contribution in [0.4, 0.5) is 5.13 Å². The molecule has 2 aromatic heterocycles. The number of thiazole rings is 1. The van der Waals surface area contributed by atoms with Gasteiger partial charge in [0.1, 0.15) is 0 Å². The van der Waals surface area contributed by atoms with Gasteiger partial charge in [-0.05, 0) is 30.7 Å². The topological polar surface area (TPSA) is 82.2 Å². The number of aromatic amines is 1. The summed E-state index contributed by atoms with van der Waals surface area (Å²) in [5.41, 5.74) is 2.91. The molecule has 26 heavy (non-hydrogen) atoms. The molecule has 1 aliphatic heterocycles. The van der Waals surface area contributed by atoms with Crippen molar-refractivity contribution in [3.05, 3.63) is 41.7 Å². The van der Waals surface area contributed by atoms with Crippen LogP contribution in [-0.2, 0) is 16.1 Å². The number of nitrogens with zero attached hydrogens (tertiary/aromatic N) is 4. The Hall–Kier alpha value is -2.74. The summed E-state index contributed by atoms with van der Waals surface area (Å²) < 4.78 is 1.05. The molecule has 0 radical (unpaired) electrons. The van der Waals surface area contributed by atoms with Crippen molar-refractivity contribution in [2.24, 2.45) is 5.92 Å². The van der Waals surface area contributed by atoms with Gasteiger partial charge in [-0.3, -0.25) is 19.6 Å². The standard InChI is InChI=1S/C18H19N5O2S/c1-11-3-4-14-15(7-11)26-18(20-14)23-9-12(8-16(23)24)17(25)22(2)10-13-5-6-19-21-13/h3-7,12H,8-10H2,1-2H3,(H,19,21). The van der Waals surface area contributed by atoms with E-state index in [0.717, 1.165) is 21.5 Å². The number of hydrogen-bond donors (Lipinski definition) is 1. The average molecular weight is 369 g/mol. The monoisotopic (exact) mass is 369 g/mol. The second-order valence-corrected chi connectivity index (χ2v) is 7.66. The number of anilines is 1. The molecule has 0 aliphatic carbocycles. The number of aryl methyl sites for hydroxylation is 1. The van der Waals surface area contributed by atoms with Crippen LogP contribution in [0.2, 0.25) is 0 Å². The van der Waals surface area contributed by atoms with Crippen molar-refractivity contribution in [1.29, 1.82) is 0 Å². The first-order valence-electron chi connectivity index (χ1n) is 8.42. The van der Waals surface area contributed by atoms with E-state index in [9.17, 15) is 9.59 Å². The Labute approximate surface area is 154 Å². The van der Waals surface area contributed by atoms with Gasteiger partial charge in [0.25, 0.3) is 0 Å². The summed E-state index contributed by atoms with van der Waals surface area (Å²) in [4.78, 5) is 33.0. The van der Waals surface area contributed by atoms with Gasteiger partial charge < -0.3 is 4.90 Å². The number of fused-ring (bicyclic) bond motifs is 1. The summed E-state index contributed by atoms with van der Waals surface area (Å²) in [7, 11) is 1.75. The molecule has 2 amide bonds. The largest absolute Gasteiger partial charge is 0.340 e. The first-order valence-corrected chi connectivity index (χ1v) is 9.23. The Morgan fingerprint density at radius 2 is 2.27 bits per heavy atom. The number of benzene rings is 1. The lowest BCUT2D eigenvalue weighted by molar-refractivity contribution is -0.135. The molecule has 0 saturated carbocycles. The number of nitrogens with one attached hydrogen (secondary N) is 1. The second kappa shape index (κ2) is 6.53. The molecular formula is C18H19N5O2S. The molecular weight excluding hydrogens is 350 g/mol. The molecule has 1 aromatic carbocycles. The van der Waals surface area contributed by atoms with Gasteiger partial charge in [-0.2, -0.15) is 5.10 Å². The van der Waals surface area contributed by atoms with Gasteiger partial charge in [0.15, 0.2) is 5.13 Å².